The van der Waals surface area contributed by atoms with Gasteiger partial charge < -0.3 is 10.2 Å². The molecule has 0 saturated heterocycles. The summed E-state index contributed by atoms with van der Waals surface area (Å²) in [4.78, 5) is 13.2. The Hall–Kier alpha value is -0.870. The molecule has 4 heteroatoms. The number of halogens is 1. The van der Waals surface area contributed by atoms with Crippen LogP contribution in [0.2, 0.25) is 0 Å². The first kappa shape index (κ1) is 12.2. The molecule has 3 nitrogen and oxygen atoms in total. The molecule has 0 saturated carbocycles. The maximum Gasteiger partial charge on any atom is 0.236 e. The minimum Gasteiger partial charge on any atom is -0.340 e. The van der Waals surface area contributed by atoms with E-state index in [0.29, 0.717) is 13.1 Å². The number of benzene rings is 1. The number of carbonyl (C=O) groups is 1. The Labute approximate surface area is 98.6 Å². The fourth-order valence-electron chi connectivity index (χ4n) is 1.26. The summed E-state index contributed by atoms with van der Waals surface area (Å²) in [5, 5.41) is 2.85. The lowest BCUT2D eigenvalue weighted by Gasteiger charge is -2.17. The second-order valence-electron chi connectivity index (χ2n) is 3.37. The first-order valence-electron chi connectivity index (χ1n) is 4.77. The Balaban J connectivity index is 2.62. The number of hydrogen-bond acceptors (Lipinski definition) is 2. The van der Waals surface area contributed by atoms with E-state index in [9.17, 15) is 4.79 Å². The third kappa shape index (κ3) is 3.64. The molecule has 0 aliphatic heterocycles. The fraction of sp³-hybridized carbons (Fsp3) is 0.364. The molecule has 1 N–H and O–H groups in total. The molecule has 0 aliphatic rings. The minimum absolute atomic E-state index is 0.0910. The monoisotopic (exact) mass is 270 g/mol. The van der Waals surface area contributed by atoms with Gasteiger partial charge in [-0.25, -0.2) is 0 Å². The lowest BCUT2D eigenvalue weighted by atomic mass is 10.2. The summed E-state index contributed by atoms with van der Waals surface area (Å²) in [7, 11) is 3.57. The number of amides is 1. The van der Waals surface area contributed by atoms with E-state index in [1.54, 1.807) is 19.0 Å². The van der Waals surface area contributed by atoms with Gasteiger partial charge in [0.05, 0.1) is 6.54 Å². The van der Waals surface area contributed by atoms with Crippen molar-refractivity contribution >= 4 is 21.8 Å². The van der Waals surface area contributed by atoms with Crippen molar-refractivity contribution in [1.29, 1.82) is 0 Å². The van der Waals surface area contributed by atoms with Gasteiger partial charge in [-0.2, -0.15) is 0 Å². The molecule has 0 heterocycles. The Morgan fingerprint density at radius 2 is 2.13 bits per heavy atom. The zero-order valence-corrected chi connectivity index (χ0v) is 10.5. The Kier molecular flexibility index (Phi) is 4.78. The second-order valence-corrected chi connectivity index (χ2v) is 4.23. The van der Waals surface area contributed by atoms with E-state index in [4.69, 9.17) is 0 Å². The lowest BCUT2D eigenvalue weighted by Crippen LogP contribution is -2.33. The normalized spacial score (nSPS) is 10.1. The highest BCUT2D eigenvalue weighted by atomic mass is 79.9. The maximum absolute atomic E-state index is 11.5. The highest BCUT2D eigenvalue weighted by Crippen LogP contribution is 2.17. The number of hydrogen-bond donors (Lipinski definition) is 1. The van der Waals surface area contributed by atoms with Crippen molar-refractivity contribution in [1.82, 2.24) is 10.2 Å². The Morgan fingerprint density at radius 3 is 2.73 bits per heavy atom. The van der Waals surface area contributed by atoms with E-state index in [2.05, 4.69) is 21.2 Å². The standard InChI is InChI=1S/C11H15BrN2O/c1-13-7-11(15)14(2)8-9-5-3-4-6-10(9)12/h3-6,13H,7-8H2,1-2H3. The molecule has 1 amide bonds. The molecule has 0 atom stereocenters. The second kappa shape index (κ2) is 5.88. The van der Waals surface area contributed by atoms with Crippen LogP contribution in [0.4, 0.5) is 0 Å². The predicted molar refractivity (Wildman–Crippen MR) is 64.5 cm³/mol. The van der Waals surface area contributed by atoms with Crippen LogP contribution in [0.1, 0.15) is 5.56 Å². The summed E-state index contributed by atoms with van der Waals surface area (Å²) in [6.45, 7) is 1.00. The van der Waals surface area contributed by atoms with Crippen LogP contribution in [0.25, 0.3) is 0 Å². The van der Waals surface area contributed by atoms with Crippen molar-refractivity contribution in [2.75, 3.05) is 20.6 Å². The van der Waals surface area contributed by atoms with Crippen LogP contribution in [0.15, 0.2) is 28.7 Å². The van der Waals surface area contributed by atoms with Crippen molar-refractivity contribution in [3.05, 3.63) is 34.3 Å². The van der Waals surface area contributed by atoms with E-state index in [1.165, 1.54) is 0 Å². The van der Waals surface area contributed by atoms with Gasteiger partial charge in [0, 0.05) is 18.1 Å². The average molecular weight is 271 g/mol. The number of likely N-dealkylation sites (N-methyl/N-ethyl adjacent to an activating group) is 2. The quantitative estimate of drug-likeness (QED) is 0.902. The summed E-state index contributed by atoms with van der Waals surface area (Å²) in [5.41, 5.74) is 1.12. The van der Waals surface area contributed by atoms with Gasteiger partial charge in [0.15, 0.2) is 0 Å². The minimum atomic E-state index is 0.0910. The molecule has 1 aromatic carbocycles. The molecule has 15 heavy (non-hydrogen) atoms. The average Bonchev–Trinajstić information content (AvgIpc) is 2.21. The third-order valence-electron chi connectivity index (χ3n) is 2.12. The van der Waals surface area contributed by atoms with Crippen molar-refractivity contribution in [3.8, 4) is 0 Å². The Morgan fingerprint density at radius 1 is 1.47 bits per heavy atom. The van der Waals surface area contributed by atoms with Crippen LogP contribution in [0.5, 0.6) is 0 Å². The van der Waals surface area contributed by atoms with Crippen LogP contribution in [0, 0.1) is 0 Å². The number of nitrogens with zero attached hydrogens (tertiary/aromatic N) is 1. The van der Waals surface area contributed by atoms with Gasteiger partial charge in [-0.15, -0.1) is 0 Å². The first-order chi connectivity index (χ1) is 7.15. The van der Waals surface area contributed by atoms with E-state index in [1.807, 2.05) is 24.3 Å². The van der Waals surface area contributed by atoms with E-state index < -0.39 is 0 Å². The van der Waals surface area contributed by atoms with E-state index in [-0.39, 0.29) is 5.91 Å². The topological polar surface area (TPSA) is 32.3 Å². The molecular weight excluding hydrogens is 256 g/mol. The highest BCUT2D eigenvalue weighted by molar-refractivity contribution is 9.10. The van der Waals surface area contributed by atoms with Gasteiger partial charge in [-0.05, 0) is 18.7 Å². The SMILES string of the molecule is CNCC(=O)N(C)Cc1ccccc1Br. The van der Waals surface area contributed by atoms with Crippen LogP contribution in [0.3, 0.4) is 0 Å². The van der Waals surface area contributed by atoms with E-state index >= 15 is 0 Å². The number of carbonyl (C=O) groups excluding carboxylic acids is 1. The van der Waals surface area contributed by atoms with Gasteiger partial charge in [0.2, 0.25) is 5.91 Å². The van der Waals surface area contributed by atoms with Crippen LogP contribution < -0.4 is 5.32 Å². The summed E-state index contributed by atoms with van der Waals surface area (Å²) in [5.74, 6) is 0.0910. The molecule has 1 rings (SSSR count). The third-order valence-corrected chi connectivity index (χ3v) is 2.89. The smallest absolute Gasteiger partial charge is 0.236 e. The largest absolute Gasteiger partial charge is 0.340 e. The molecule has 0 bridgehead atoms. The van der Waals surface area contributed by atoms with Gasteiger partial charge in [-0.1, -0.05) is 34.1 Å². The highest BCUT2D eigenvalue weighted by Gasteiger charge is 2.08. The molecule has 0 unspecified atom stereocenters. The molecular formula is C11H15BrN2O. The summed E-state index contributed by atoms with van der Waals surface area (Å²) >= 11 is 3.46. The lowest BCUT2D eigenvalue weighted by molar-refractivity contribution is -0.129. The molecule has 0 aromatic heterocycles. The van der Waals surface area contributed by atoms with Gasteiger partial charge in [0.1, 0.15) is 0 Å². The summed E-state index contributed by atoms with van der Waals surface area (Å²) < 4.78 is 1.04. The predicted octanol–water partition coefficient (Wildman–Crippen LogP) is 1.63. The molecule has 1 aromatic rings. The van der Waals surface area contributed by atoms with Crippen molar-refractivity contribution < 1.29 is 4.79 Å². The fourth-order valence-corrected chi connectivity index (χ4v) is 1.67. The van der Waals surface area contributed by atoms with Crippen molar-refractivity contribution in [3.63, 3.8) is 0 Å². The van der Waals surface area contributed by atoms with Crippen LogP contribution in [-0.4, -0.2) is 31.4 Å². The van der Waals surface area contributed by atoms with Gasteiger partial charge in [0.25, 0.3) is 0 Å². The Bertz CT molecular complexity index is 341. The number of rotatable bonds is 4. The van der Waals surface area contributed by atoms with Gasteiger partial charge >= 0.3 is 0 Å². The molecule has 82 valence electrons. The number of nitrogens with one attached hydrogen (secondary N) is 1. The molecule has 0 radical (unpaired) electrons. The van der Waals surface area contributed by atoms with Crippen LogP contribution >= 0.6 is 15.9 Å². The molecule has 0 fully saturated rings. The summed E-state index contributed by atoms with van der Waals surface area (Å²) in [6, 6.07) is 7.92. The van der Waals surface area contributed by atoms with E-state index in [0.717, 1.165) is 10.0 Å². The van der Waals surface area contributed by atoms with Crippen LogP contribution in [-0.2, 0) is 11.3 Å². The first-order valence-corrected chi connectivity index (χ1v) is 5.56. The zero-order chi connectivity index (χ0) is 11.3. The maximum atomic E-state index is 11.5. The zero-order valence-electron chi connectivity index (χ0n) is 8.96. The van der Waals surface area contributed by atoms with Crippen molar-refractivity contribution in [2.24, 2.45) is 0 Å². The summed E-state index contributed by atoms with van der Waals surface area (Å²) in [6.07, 6.45) is 0. The molecule has 0 aliphatic carbocycles. The molecule has 0 spiro atoms. The van der Waals surface area contributed by atoms with Gasteiger partial charge in [-0.3, -0.25) is 4.79 Å². The van der Waals surface area contributed by atoms with Crippen molar-refractivity contribution in [2.45, 2.75) is 6.54 Å².